The monoisotopic (exact) mass is 379 g/mol. The number of nitrogens with one attached hydrogen (secondary N) is 1. The van der Waals surface area contributed by atoms with Crippen LogP contribution in [0.3, 0.4) is 0 Å². The van der Waals surface area contributed by atoms with E-state index in [1.54, 1.807) is 0 Å². The molecule has 0 aliphatic rings. The summed E-state index contributed by atoms with van der Waals surface area (Å²) in [6.45, 7) is 13.8. The van der Waals surface area contributed by atoms with Crippen LogP contribution in [0.1, 0.15) is 66.2 Å². The van der Waals surface area contributed by atoms with Crippen LogP contribution < -0.4 is 5.32 Å². The van der Waals surface area contributed by atoms with Gasteiger partial charge in [-0.15, -0.1) is 6.58 Å². The van der Waals surface area contributed by atoms with Gasteiger partial charge in [-0.25, -0.2) is 0 Å². The van der Waals surface area contributed by atoms with Crippen molar-refractivity contribution < 1.29 is 4.74 Å². The Morgan fingerprint density at radius 3 is 2.50 bits per heavy atom. The van der Waals surface area contributed by atoms with Crippen molar-refractivity contribution in [3.05, 3.63) is 59.4 Å². The van der Waals surface area contributed by atoms with Crippen molar-refractivity contribution in [3.8, 4) is 0 Å². The molecule has 0 aliphatic heterocycles. The van der Waals surface area contributed by atoms with Crippen LogP contribution in [0.2, 0.25) is 0 Å². The lowest BCUT2D eigenvalue weighted by Crippen LogP contribution is -2.28. The fraction of sp³-hybridized carbons (Fsp3) is 0.565. The molecule has 3 heteroatoms. The lowest BCUT2D eigenvalue weighted by atomic mass is 10.1. The van der Waals surface area contributed by atoms with Crippen molar-refractivity contribution >= 4 is 11.6 Å². The van der Waals surface area contributed by atoms with Gasteiger partial charge >= 0.3 is 0 Å². The molecule has 0 saturated carbocycles. The third-order valence-electron chi connectivity index (χ3n) is 4.08. The summed E-state index contributed by atoms with van der Waals surface area (Å²) in [6, 6.07) is 0.521. The molecular weight excluding hydrogens is 342 g/mol. The van der Waals surface area contributed by atoms with Gasteiger partial charge < -0.3 is 10.1 Å². The average Bonchev–Trinajstić information content (AvgIpc) is 2.64. The maximum Gasteiger partial charge on any atom is 0.106 e. The van der Waals surface area contributed by atoms with Crippen molar-refractivity contribution in [2.45, 2.75) is 72.3 Å². The minimum atomic E-state index is 0.521. The maximum absolute atomic E-state index is 6.05. The van der Waals surface area contributed by atoms with Gasteiger partial charge in [0.25, 0.3) is 0 Å². The van der Waals surface area contributed by atoms with E-state index < -0.39 is 0 Å². The highest BCUT2D eigenvalue weighted by Crippen LogP contribution is 2.16. The molecule has 1 unspecified atom stereocenters. The Labute approximate surface area is 166 Å². The number of rotatable bonds is 15. The zero-order valence-corrected chi connectivity index (χ0v) is 17.9. The summed E-state index contributed by atoms with van der Waals surface area (Å²) in [5.41, 5.74) is 1.33. The molecule has 0 aromatic heterocycles. The number of ether oxygens (including phenoxy) is 1. The van der Waals surface area contributed by atoms with E-state index in [-0.39, 0.29) is 0 Å². The van der Waals surface area contributed by atoms with Gasteiger partial charge in [0, 0.05) is 30.5 Å². The lowest BCUT2D eigenvalue weighted by molar-refractivity contribution is 0.232. The molecule has 0 aliphatic carbocycles. The number of halogens is 1. The fourth-order valence-corrected chi connectivity index (χ4v) is 2.61. The highest BCUT2D eigenvalue weighted by Gasteiger charge is 2.08. The summed E-state index contributed by atoms with van der Waals surface area (Å²) < 4.78 is 6.05. The van der Waals surface area contributed by atoms with Crippen molar-refractivity contribution in [2.24, 2.45) is 0 Å². The summed E-state index contributed by atoms with van der Waals surface area (Å²) >= 11 is 6.00. The molecular formula is C23H38ClNO. The molecule has 2 nitrogen and oxygen atoms in total. The Bertz CT molecular complexity index is 488. The Hall–Kier alpha value is -1.25. The van der Waals surface area contributed by atoms with Gasteiger partial charge in [0.15, 0.2) is 0 Å². The first-order valence-electron chi connectivity index (χ1n) is 9.87. The van der Waals surface area contributed by atoms with Gasteiger partial charge in [0.2, 0.25) is 0 Å². The Kier molecular flexibility index (Phi) is 16.4. The van der Waals surface area contributed by atoms with Crippen LogP contribution in [0.4, 0.5) is 0 Å². The summed E-state index contributed by atoms with van der Waals surface area (Å²) in [6.07, 6.45) is 18.2. The Morgan fingerprint density at radius 1 is 1.15 bits per heavy atom. The molecule has 0 aromatic carbocycles. The molecule has 0 rings (SSSR count). The quantitative estimate of drug-likeness (QED) is 0.243. The van der Waals surface area contributed by atoms with Crippen LogP contribution in [-0.2, 0) is 4.74 Å². The first-order valence-corrected chi connectivity index (χ1v) is 10.2. The second-order valence-electron chi connectivity index (χ2n) is 6.37. The fourth-order valence-electron chi connectivity index (χ4n) is 2.52. The largest absolute Gasteiger partial charge is 0.494 e. The van der Waals surface area contributed by atoms with E-state index in [4.69, 9.17) is 16.3 Å². The molecule has 0 heterocycles. The SMILES string of the molecule is C=CC/C=C\C/C(CNC(C)CCC)=C(\CC)OC/C=C\C/C(Cl)=C\C. The molecule has 0 spiro atoms. The van der Waals surface area contributed by atoms with E-state index in [1.807, 2.05) is 25.2 Å². The Morgan fingerprint density at radius 2 is 1.88 bits per heavy atom. The van der Waals surface area contributed by atoms with E-state index in [0.29, 0.717) is 12.6 Å². The van der Waals surface area contributed by atoms with Crippen LogP contribution in [0, 0.1) is 0 Å². The van der Waals surface area contributed by atoms with Crippen LogP contribution in [-0.4, -0.2) is 19.2 Å². The lowest BCUT2D eigenvalue weighted by Gasteiger charge is -2.18. The molecule has 0 amide bonds. The predicted molar refractivity (Wildman–Crippen MR) is 118 cm³/mol. The first-order chi connectivity index (χ1) is 12.6. The van der Waals surface area contributed by atoms with Gasteiger partial charge in [0.1, 0.15) is 6.61 Å². The Balaban J connectivity index is 4.86. The molecule has 0 bridgehead atoms. The van der Waals surface area contributed by atoms with E-state index >= 15 is 0 Å². The normalized spacial score (nSPS) is 14.7. The van der Waals surface area contributed by atoms with Crippen LogP contribution in [0.25, 0.3) is 0 Å². The van der Waals surface area contributed by atoms with Gasteiger partial charge in [-0.2, -0.15) is 0 Å². The van der Waals surface area contributed by atoms with Gasteiger partial charge in [-0.05, 0) is 38.7 Å². The van der Waals surface area contributed by atoms with Crippen molar-refractivity contribution in [2.75, 3.05) is 13.2 Å². The van der Waals surface area contributed by atoms with Crippen molar-refractivity contribution in [3.63, 3.8) is 0 Å². The van der Waals surface area contributed by atoms with Crippen LogP contribution >= 0.6 is 11.6 Å². The average molecular weight is 380 g/mol. The number of hydrogen-bond donors (Lipinski definition) is 1. The second kappa shape index (κ2) is 17.2. The van der Waals surface area contributed by atoms with Crippen molar-refractivity contribution in [1.29, 1.82) is 0 Å². The van der Waals surface area contributed by atoms with Crippen molar-refractivity contribution in [1.82, 2.24) is 5.32 Å². The minimum Gasteiger partial charge on any atom is -0.494 e. The van der Waals surface area contributed by atoms with Gasteiger partial charge in [-0.3, -0.25) is 0 Å². The molecule has 1 N–H and O–H groups in total. The van der Waals surface area contributed by atoms with E-state index in [9.17, 15) is 0 Å². The molecule has 26 heavy (non-hydrogen) atoms. The molecule has 0 aromatic rings. The third kappa shape index (κ3) is 13.0. The summed E-state index contributed by atoms with van der Waals surface area (Å²) in [5, 5.41) is 4.48. The zero-order chi connectivity index (χ0) is 19.6. The topological polar surface area (TPSA) is 21.3 Å². The summed E-state index contributed by atoms with van der Waals surface area (Å²) in [7, 11) is 0. The maximum atomic E-state index is 6.05. The highest BCUT2D eigenvalue weighted by molar-refractivity contribution is 6.29. The third-order valence-corrected chi connectivity index (χ3v) is 4.45. The molecule has 0 saturated heterocycles. The number of hydrogen-bond acceptors (Lipinski definition) is 2. The van der Waals surface area contributed by atoms with E-state index in [2.05, 4.69) is 50.9 Å². The smallest absolute Gasteiger partial charge is 0.106 e. The van der Waals surface area contributed by atoms with E-state index in [1.165, 1.54) is 18.4 Å². The molecule has 148 valence electrons. The second-order valence-corrected chi connectivity index (χ2v) is 6.86. The van der Waals surface area contributed by atoms with Crippen LogP contribution in [0.15, 0.2) is 59.4 Å². The first kappa shape index (κ1) is 24.8. The van der Waals surface area contributed by atoms with Crippen LogP contribution in [0.5, 0.6) is 0 Å². The standard InChI is InChI=1S/C23H38ClNO/c1-6-10-11-12-16-21(19-25-20(5)15-7-2)23(9-4)26-18-14-13-17-22(24)8-3/h6,8,11-14,20,25H,1,7,9-10,15-19H2,2-5H3/b12-11-,14-13-,22-8+,23-21-. The molecule has 0 radical (unpaired) electrons. The summed E-state index contributed by atoms with van der Waals surface area (Å²) in [4.78, 5) is 0. The highest BCUT2D eigenvalue weighted by atomic mass is 35.5. The predicted octanol–water partition coefficient (Wildman–Crippen LogP) is 7.06. The van der Waals surface area contributed by atoms with Gasteiger partial charge in [0.05, 0.1) is 5.76 Å². The van der Waals surface area contributed by atoms with E-state index in [0.717, 1.165) is 43.0 Å². The molecule has 1 atom stereocenters. The number of allylic oxidation sites excluding steroid dienone is 7. The summed E-state index contributed by atoms with van der Waals surface area (Å²) in [5.74, 6) is 1.09. The molecule has 0 fully saturated rings. The zero-order valence-electron chi connectivity index (χ0n) is 17.2. The van der Waals surface area contributed by atoms with Gasteiger partial charge in [-0.1, -0.05) is 68.3 Å². The minimum absolute atomic E-state index is 0.521.